The van der Waals surface area contributed by atoms with Crippen LogP contribution >= 0.6 is 0 Å². The maximum Gasteiger partial charge on any atom is 0.153 e. The number of fused-ring (bicyclic) bond motifs is 1. The van der Waals surface area contributed by atoms with Gasteiger partial charge in [-0.25, -0.2) is 4.98 Å². The quantitative estimate of drug-likeness (QED) is 0.690. The summed E-state index contributed by atoms with van der Waals surface area (Å²) in [6.07, 6.45) is 4.75. The van der Waals surface area contributed by atoms with Gasteiger partial charge in [0.25, 0.3) is 0 Å². The third kappa shape index (κ3) is 2.29. The summed E-state index contributed by atoms with van der Waals surface area (Å²) >= 11 is 0. The van der Waals surface area contributed by atoms with E-state index in [0.717, 1.165) is 34.4 Å². The lowest BCUT2D eigenvalue weighted by molar-refractivity contribution is 0.112. The van der Waals surface area contributed by atoms with E-state index in [9.17, 15) is 4.79 Å². The molecule has 0 bridgehead atoms. The van der Waals surface area contributed by atoms with Crippen molar-refractivity contribution in [3.63, 3.8) is 0 Å². The van der Waals surface area contributed by atoms with Gasteiger partial charge >= 0.3 is 0 Å². The Kier molecular flexibility index (Phi) is 3.22. The Balaban J connectivity index is 2.17. The fraction of sp³-hybridized carbons (Fsp3) is 0.176. The van der Waals surface area contributed by atoms with Crippen LogP contribution in [0.4, 0.5) is 0 Å². The second kappa shape index (κ2) is 5.05. The molecule has 1 aromatic carbocycles. The summed E-state index contributed by atoms with van der Waals surface area (Å²) in [5.74, 6) is 0.854. The van der Waals surface area contributed by atoms with Gasteiger partial charge in [0.1, 0.15) is 11.4 Å². The highest BCUT2D eigenvalue weighted by Gasteiger charge is 2.10. The number of imidazole rings is 1. The van der Waals surface area contributed by atoms with Crippen molar-refractivity contribution in [1.29, 1.82) is 0 Å². The zero-order valence-corrected chi connectivity index (χ0v) is 12.3. The number of hydrogen-bond donors (Lipinski definition) is 0. The van der Waals surface area contributed by atoms with Crippen LogP contribution < -0.4 is 4.74 Å². The molecule has 0 amide bonds. The number of pyridine rings is 1. The molecule has 0 atom stereocenters. The van der Waals surface area contributed by atoms with Gasteiger partial charge in [0, 0.05) is 18.0 Å². The molecule has 0 unspecified atom stereocenters. The molecule has 0 aliphatic rings. The molecule has 0 aliphatic carbocycles. The van der Waals surface area contributed by atoms with E-state index in [1.54, 1.807) is 7.11 Å². The van der Waals surface area contributed by atoms with Crippen molar-refractivity contribution in [1.82, 2.24) is 9.38 Å². The number of carbonyl (C=O) groups excluding carboxylic acids is 1. The van der Waals surface area contributed by atoms with Crippen molar-refractivity contribution < 1.29 is 9.53 Å². The average Bonchev–Trinajstić information content (AvgIpc) is 2.90. The minimum Gasteiger partial charge on any atom is -0.496 e. The van der Waals surface area contributed by atoms with Crippen LogP contribution in [0.1, 0.15) is 21.5 Å². The molecule has 2 aromatic heterocycles. The highest BCUT2D eigenvalue weighted by molar-refractivity contribution is 5.85. The van der Waals surface area contributed by atoms with E-state index in [2.05, 4.69) is 4.98 Å². The van der Waals surface area contributed by atoms with Crippen molar-refractivity contribution in [3.05, 3.63) is 53.3 Å². The van der Waals surface area contributed by atoms with Crippen molar-refractivity contribution in [2.75, 3.05) is 7.11 Å². The molecule has 0 fully saturated rings. The first-order valence-electron chi connectivity index (χ1n) is 6.72. The van der Waals surface area contributed by atoms with Crippen LogP contribution in [0.5, 0.6) is 5.75 Å². The number of aromatic nitrogens is 2. The zero-order chi connectivity index (χ0) is 15.0. The maximum atomic E-state index is 11.2. The topological polar surface area (TPSA) is 43.6 Å². The Morgan fingerprint density at radius 3 is 2.67 bits per heavy atom. The number of hydrogen-bond acceptors (Lipinski definition) is 3. The average molecular weight is 280 g/mol. The number of benzene rings is 1. The maximum absolute atomic E-state index is 11.2. The van der Waals surface area contributed by atoms with Crippen molar-refractivity contribution in [2.45, 2.75) is 13.8 Å². The lowest BCUT2D eigenvalue weighted by atomic mass is 10.1. The Labute approximate surface area is 123 Å². The number of aryl methyl sites for hydroxylation is 2. The number of methoxy groups -OCH3 is 1. The summed E-state index contributed by atoms with van der Waals surface area (Å²) in [4.78, 5) is 15.8. The van der Waals surface area contributed by atoms with Crippen LogP contribution in [0, 0.1) is 13.8 Å². The monoisotopic (exact) mass is 280 g/mol. The van der Waals surface area contributed by atoms with E-state index in [1.165, 1.54) is 0 Å². The highest BCUT2D eigenvalue weighted by Crippen LogP contribution is 2.26. The highest BCUT2D eigenvalue weighted by atomic mass is 16.5. The summed E-state index contributed by atoms with van der Waals surface area (Å²) in [6.45, 7) is 3.96. The molecule has 0 radical (unpaired) electrons. The van der Waals surface area contributed by atoms with Gasteiger partial charge in [0.2, 0.25) is 0 Å². The third-order valence-corrected chi connectivity index (χ3v) is 3.53. The van der Waals surface area contributed by atoms with Crippen molar-refractivity contribution in [3.8, 4) is 17.0 Å². The summed E-state index contributed by atoms with van der Waals surface area (Å²) in [7, 11) is 1.66. The second-order valence-corrected chi connectivity index (χ2v) is 5.13. The van der Waals surface area contributed by atoms with Crippen LogP contribution in [0.3, 0.4) is 0 Å². The first kappa shape index (κ1) is 13.4. The zero-order valence-electron chi connectivity index (χ0n) is 12.3. The Morgan fingerprint density at radius 2 is 2.00 bits per heavy atom. The molecular formula is C17H16N2O2. The first-order valence-corrected chi connectivity index (χ1v) is 6.72. The molecule has 3 rings (SSSR count). The molecular weight excluding hydrogens is 264 g/mol. The van der Waals surface area contributed by atoms with E-state index in [1.807, 2.05) is 54.9 Å². The van der Waals surface area contributed by atoms with Gasteiger partial charge in [-0.05, 0) is 49.2 Å². The van der Waals surface area contributed by atoms with Crippen LogP contribution in [-0.4, -0.2) is 22.8 Å². The summed E-state index contributed by atoms with van der Waals surface area (Å²) in [5, 5.41) is 0. The molecule has 4 heteroatoms. The predicted molar refractivity (Wildman–Crippen MR) is 82.0 cm³/mol. The van der Waals surface area contributed by atoms with Crippen LogP contribution in [0.2, 0.25) is 0 Å². The van der Waals surface area contributed by atoms with E-state index in [-0.39, 0.29) is 0 Å². The third-order valence-electron chi connectivity index (χ3n) is 3.53. The van der Waals surface area contributed by atoms with Gasteiger partial charge in [-0.2, -0.15) is 0 Å². The van der Waals surface area contributed by atoms with Crippen LogP contribution in [0.15, 0.2) is 36.7 Å². The lowest BCUT2D eigenvalue weighted by Gasteiger charge is -2.05. The molecule has 0 spiro atoms. The van der Waals surface area contributed by atoms with E-state index in [0.29, 0.717) is 11.2 Å². The van der Waals surface area contributed by atoms with Crippen LogP contribution in [0.25, 0.3) is 16.9 Å². The number of aldehydes is 1. The minimum atomic E-state index is 0.603. The Morgan fingerprint density at radius 1 is 1.19 bits per heavy atom. The molecule has 4 nitrogen and oxygen atoms in total. The van der Waals surface area contributed by atoms with Gasteiger partial charge in [0.15, 0.2) is 6.29 Å². The summed E-state index contributed by atoms with van der Waals surface area (Å²) < 4.78 is 7.17. The normalized spacial score (nSPS) is 10.8. The lowest BCUT2D eigenvalue weighted by Crippen LogP contribution is -1.91. The minimum absolute atomic E-state index is 0.603. The largest absolute Gasteiger partial charge is 0.496 e. The number of rotatable bonds is 3. The predicted octanol–water partition coefficient (Wildman–Crippen LogP) is 3.44. The molecule has 2 heterocycles. The van der Waals surface area contributed by atoms with Gasteiger partial charge in [-0.15, -0.1) is 0 Å². The number of carbonyl (C=O) groups is 1. The van der Waals surface area contributed by atoms with E-state index >= 15 is 0 Å². The molecule has 0 saturated heterocycles. The Bertz CT molecular complexity index is 834. The van der Waals surface area contributed by atoms with Gasteiger partial charge in [-0.1, -0.05) is 0 Å². The molecule has 0 N–H and O–H groups in total. The summed E-state index contributed by atoms with van der Waals surface area (Å²) in [6, 6.07) is 7.79. The van der Waals surface area contributed by atoms with Crippen molar-refractivity contribution >= 4 is 11.9 Å². The molecule has 21 heavy (non-hydrogen) atoms. The van der Waals surface area contributed by atoms with Crippen molar-refractivity contribution in [2.24, 2.45) is 0 Å². The van der Waals surface area contributed by atoms with Gasteiger partial charge in [0.05, 0.1) is 18.4 Å². The van der Waals surface area contributed by atoms with E-state index in [4.69, 9.17) is 4.74 Å². The molecule has 106 valence electrons. The first-order chi connectivity index (χ1) is 10.1. The van der Waals surface area contributed by atoms with Crippen LogP contribution in [-0.2, 0) is 0 Å². The summed E-state index contributed by atoms with van der Waals surface area (Å²) in [5.41, 5.74) is 5.21. The molecule has 0 aliphatic heterocycles. The number of ether oxygens (including phenoxy) is 1. The smallest absolute Gasteiger partial charge is 0.153 e. The molecule has 3 aromatic rings. The standard InChI is InChI=1S/C17H16N2O2/c1-11-6-14(10-20)17-18-15(9-19(17)8-11)13-4-5-16(21-3)12(2)7-13/h4-10H,1-3H3. The number of nitrogens with zero attached hydrogens (tertiary/aromatic N) is 2. The van der Waals surface area contributed by atoms with Gasteiger partial charge < -0.3 is 9.14 Å². The molecule has 0 saturated carbocycles. The van der Waals surface area contributed by atoms with E-state index < -0.39 is 0 Å². The van der Waals surface area contributed by atoms with Gasteiger partial charge in [-0.3, -0.25) is 4.79 Å². The fourth-order valence-electron chi connectivity index (χ4n) is 2.54. The Hall–Kier alpha value is -2.62. The second-order valence-electron chi connectivity index (χ2n) is 5.13. The SMILES string of the molecule is COc1ccc(-c2cn3cc(C)cc(C=O)c3n2)cc1C. The fourth-order valence-corrected chi connectivity index (χ4v) is 2.54.